The van der Waals surface area contributed by atoms with E-state index >= 15 is 0 Å². The second-order valence-corrected chi connectivity index (χ2v) is 6.62. The summed E-state index contributed by atoms with van der Waals surface area (Å²) in [7, 11) is 0. The summed E-state index contributed by atoms with van der Waals surface area (Å²) in [4.78, 5) is 2.61. The second-order valence-electron chi connectivity index (χ2n) is 5.76. The first kappa shape index (κ1) is 12.8. The van der Waals surface area contributed by atoms with Crippen molar-refractivity contribution in [3.63, 3.8) is 0 Å². The third-order valence-corrected chi connectivity index (χ3v) is 5.23. The van der Waals surface area contributed by atoms with E-state index in [2.05, 4.69) is 32.2 Å². The third kappa shape index (κ3) is 2.17. The molecule has 2 atom stereocenters. The summed E-state index contributed by atoms with van der Waals surface area (Å²) < 4.78 is 12.3. The predicted molar refractivity (Wildman–Crippen MR) is 81.8 cm³/mol. The van der Waals surface area contributed by atoms with Gasteiger partial charge in [0.05, 0.1) is 5.69 Å². The summed E-state index contributed by atoms with van der Waals surface area (Å²) in [5.74, 6) is 1.69. The molecule has 3 heterocycles. The van der Waals surface area contributed by atoms with Crippen molar-refractivity contribution in [2.75, 3.05) is 31.6 Å². The van der Waals surface area contributed by atoms with Crippen molar-refractivity contribution in [2.45, 2.75) is 31.3 Å². The molecule has 0 saturated carbocycles. The largest absolute Gasteiger partial charge is 0.486 e. The lowest BCUT2D eigenvalue weighted by Gasteiger charge is -2.25. The quantitative estimate of drug-likeness (QED) is 0.898. The van der Waals surface area contributed by atoms with Crippen LogP contribution in [0.2, 0.25) is 0 Å². The first-order chi connectivity index (χ1) is 9.81. The van der Waals surface area contributed by atoms with Gasteiger partial charge in [0.1, 0.15) is 13.2 Å². The Morgan fingerprint density at radius 3 is 2.75 bits per heavy atom. The number of benzene rings is 1. The predicted octanol–water partition coefficient (Wildman–Crippen LogP) is 2.87. The molecule has 20 heavy (non-hydrogen) atoms. The van der Waals surface area contributed by atoms with Crippen LogP contribution in [-0.4, -0.2) is 43.3 Å². The lowest BCUT2D eigenvalue weighted by atomic mass is 10.1. The highest BCUT2D eigenvalue weighted by molar-refractivity contribution is 9.10. The van der Waals surface area contributed by atoms with Gasteiger partial charge in [-0.05, 0) is 41.7 Å². The Balaban J connectivity index is 1.56. The molecule has 1 N–H and O–H groups in total. The van der Waals surface area contributed by atoms with E-state index in [-0.39, 0.29) is 0 Å². The van der Waals surface area contributed by atoms with E-state index in [4.69, 9.17) is 9.47 Å². The molecular formula is C15H19BrN2O2. The molecule has 1 aromatic carbocycles. The van der Waals surface area contributed by atoms with Gasteiger partial charge in [0.15, 0.2) is 11.5 Å². The molecule has 3 aliphatic heterocycles. The summed E-state index contributed by atoms with van der Waals surface area (Å²) in [5.41, 5.74) is 1.12. The Labute approximate surface area is 127 Å². The minimum absolute atomic E-state index is 0.552. The van der Waals surface area contributed by atoms with Crippen LogP contribution >= 0.6 is 15.9 Å². The maximum Gasteiger partial charge on any atom is 0.163 e. The second kappa shape index (κ2) is 5.11. The molecule has 0 aliphatic carbocycles. The highest BCUT2D eigenvalue weighted by atomic mass is 79.9. The number of nitrogens with zero attached hydrogens (tertiary/aromatic N) is 1. The van der Waals surface area contributed by atoms with E-state index in [1.54, 1.807) is 0 Å². The van der Waals surface area contributed by atoms with Gasteiger partial charge in [-0.2, -0.15) is 0 Å². The number of ether oxygens (including phenoxy) is 2. The summed E-state index contributed by atoms with van der Waals surface area (Å²) in [6.45, 7) is 3.76. The van der Waals surface area contributed by atoms with Crippen molar-refractivity contribution in [3.05, 3.63) is 16.6 Å². The van der Waals surface area contributed by atoms with Gasteiger partial charge < -0.3 is 14.8 Å². The lowest BCUT2D eigenvalue weighted by molar-refractivity contribution is 0.171. The zero-order valence-electron chi connectivity index (χ0n) is 11.4. The van der Waals surface area contributed by atoms with Crippen molar-refractivity contribution in [1.82, 2.24) is 4.90 Å². The smallest absolute Gasteiger partial charge is 0.163 e. The molecule has 0 radical (unpaired) electrons. The Morgan fingerprint density at radius 1 is 1.10 bits per heavy atom. The molecule has 4 nitrogen and oxygen atoms in total. The summed E-state index contributed by atoms with van der Waals surface area (Å²) in [5, 5.41) is 3.71. The number of hydrogen-bond donors (Lipinski definition) is 1. The van der Waals surface area contributed by atoms with Crippen LogP contribution in [0, 0.1) is 0 Å². The molecule has 108 valence electrons. The summed E-state index contributed by atoms with van der Waals surface area (Å²) in [6.07, 6.45) is 3.89. The van der Waals surface area contributed by atoms with Crippen molar-refractivity contribution in [3.8, 4) is 11.5 Å². The number of nitrogens with one attached hydrogen (secondary N) is 1. The van der Waals surface area contributed by atoms with E-state index in [0.29, 0.717) is 25.3 Å². The molecule has 2 unspecified atom stereocenters. The maximum atomic E-state index is 5.67. The minimum Gasteiger partial charge on any atom is -0.486 e. The number of hydrogen-bond acceptors (Lipinski definition) is 4. The fourth-order valence-electron chi connectivity index (χ4n) is 3.63. The lowest BCUT2D eigenvalue weighted by Crippen LogP contribution is -2.33. The van der Waals surface area contributed by atoms with Gasteiger partial charge in [-0.25, -0.2) is 0 Å². The molecule has 0 spiro atoms. The van der Waals surface area contributed by atoms with Crippen LogP contribution in [0.1, 0.15) is 19.3 Å². The van der Waals surface area contributed by atoms with E-state index < -0.39 is 0 Å². The average molecular weight is 339 g/mol. The maximum absolute atomic E-state index is 5.67. The van der Waals surface area contributed by atoms with Gasteiger partial charge in [-0.15, -0.1) is 0 Å². The van der Waals surface area contributed by atoms with Crippen LogP contribution in [0.3, 0.4) is 0 Å². The third-order valence-electron chi connectivity index (χ3n) is 4.58. The van der Waals surface area contributed by atoms with Crippen LogP contribution in [-0.2, 0) is 0 Å². The molecule has 0 amide bonds. The van der Waals surface area contributed by atoms with Crippen molar-refractivity contribution < 1.29 is 9.47 Å². The Hall–Kier alpha value is -0.940. The highest BCUT2D eigenvalue weighted by Crippen LogP contribution is 2.39. The topological polar surface area (TPSA) is 33.7 Å². The van der Waals surface area contributed by atoms with Crippen LogP contribution in [0.25, 0.3) is 0 Å². The molecule has 2 saturated heterocycles. The zero-order chi connectivity index (χ0) is 13.5. The number of halogens is 1. The first-order valence-corrected chi connectivity index (χ1v) is 8.20. The van der Waals surface area contributed by atoms with Crippen LogP contribution < -0.4 is 14.8 Å². The monoisotopic (exact) mass is 338 g/mol. The van der Waals surface area contributed by atoms with Gasteiger partial charge in [0, 0.05) is 35.2 Å². The fourth-order valence-corrected chi connectivity index (χ4v) is 4.06. The Bertz CT molecular complexity index is 523. The van der Waals surface area contributed by atoms with Gasteiger partial charge in [0.2, 0.25) is 0 Å². The molecule has 3 aliphatic rings. The molecule has 4 rings (SSSR count). The Kier molecular flexibility index (Phi) is 3.27. The minimum atomic E-state index is 0.552. The van der Waals surface area contributed by atoms with E-state index in [1.165, 1.54) is 32.4 Å². The highest BCUT2D eigenvalue weighted by Gasteiger charge is 2.37. The molecule has 0 bridgehead atoms. The first-order valence-electron chi connectivity index (χ1n) is 7.41. The van der Waals surface area contributed by atoms with Crippen LogP contribution in [0.4, 0.5) is 5.69 Å². The van der Waals surface area contributed by atoms with Crippen LogP contribution in [0.15, 0.2) is 16.6 Å². The Morgan fingerprint density at radius 2 is 1.90 bits per heavy atom. The van der Waals surface area contributed by atoms with Crippen molar-refractivity contribution in [1.29, 1.82) is 0 Å². The van der Waals surface area contributed by atoms with E-state index in [0.717, 1.165) is 21.7 Å². The van der Waals surface area contributed by atoms with Crippen LogP contribution in [0.5, 0.6) is 11.5 Å². The molecule has 2 fully saturated rings. The normalized spacial score (nSPS) is 28.4. The SMILES string of the molecule is Brc1cc2c(cc1NC1CCN3CCCC13)OCCO2. The number of fused-ring (bicyclic) bond motifs is 2. The van der Waals surface area contributed by atoms with E-state index in [9.17, 15) is 0 Å². The van der Waals surface area contributed by atoms with Gasteiger partial charge >= 0.3 is 0 Å². The molecule has 1 aromatic rings. The van der Waals surface area contributed by atoms with E-state index in [1.807, 2.05) is 6.07 Å². The molecule has 5 heteroatoms. The summed E-state index contributed by atoms with van der Waals surface area (Å²) >= 11 is 3.64. The van der Waals surface area contributed by atoms with Gasteiger partial charge in [-0.3, -0.25) is 4.90 Å². The zero-order valence-corrected chi connectivity index (χ0v) is 13.0. The summed E-state index contributed by atoms with van der Waals surface area (Å²) in [6, 6.07) is 5.33. The standard InChI is InChI=1S/C15H19BrN2O2/c16-10-8-14-15(20-7-6-19-14)9-12(10)17-11-3-5-18-4-1-2-13(11)18/h8-9,11,13,17H,1-7H2. The van der Waals surface area contributed by atoms with Gasteiger partial charge in [-0.1, -0.05) is 0 Å². The number of anilines is 1. The van der Waals surface area contributed by atoms with Crippen molar-refractivity contribution >= 4 is 21.6 Å². The fraction of sp³-hybridized carbons (Fsp3) is 0.600. The average Bonchev–Trinajstić information content (AvgIpc) is 3.04. The molecular weight excluding hydrogens is 320 g/mol. The molecule has 0 aromatic heterocycles. The number of rotatable bonds is 2. The van der Waals surface area contributed by atoms with Gasteiger partial charge in [0.25, 0.3) is 0 Å². The van der Waals surface area contributed by atoms with Crippen molar-refractivity contribution in [2.24, 2.45) is 0 Å².